The normalized spacial score (nSPS) is 8.92. The van der Waals surface area contributed by atoms with Gasteiger partial charge < -0.3 is 5.73 Å². The van der Waals surface area contributed by atoms with E-state index in [0.29, 0.717) is 5.56 Å². The zero-order valence-electron chi connectivity index (χ0n) is 6.01. The third-order valence-corrected chi connectivity index (χ3v) is 1.51. The first-order valence-electron chi connectivity index (χ1n) is 3.11. The summed E-state index contributed by atoms with van der Waals surface area (Å²) >= 11 is 11.2. The molecule has 0 spiro atoms. The van der Waals surface area contributed by atoms with E-state index in [1.807, 2.05) is 0 Å². The maximum Gasteiger partial charge on any atom is 0.223 e. The highest BCUT2D eigenvalue weighted by atomic mass is 35.5. The highest BCUT2D eigenvalue weighted by Gasteiger charge is 1.99. The van der Waals surface area contributed by atoms with Crippen LogP contribution in [0.25, 0.3) is 0 Å². The van der Waals surface area contributed by atoms with E-state index < -0.39 is 0 Å². The molecule has 0 amide bonds. The van der Waals surface area contributed by atoms with Gasteiger partial charge in [-0.2, -0.15) is 0 Å². The van der Waals surface area contributed by atoms with Crippen molar-refractivity contribution in [2.24, 2.45) is 5.73 Å². The number of hydrogen-bond donors (Lipinski definition) is 1. The Kier molecular flexibility index (Phi) is 3.30. The van der Waals surface area contributed by atoms with Gasteiger partial charge in [0, 0.05) is 6.20 Å². The number of nitrogens with zero attached hydrogens (tertiary/aromatic N) is 2. The molecule has 0 bridgehead atoms. The zero-order valence-corrected chi connectivity index (χ0v) is 7.52. The van der Waals surface area contributed by atoms with E-state index in [-0.39, 0.29) is 17.0 Å². The Morgan fingerprint density at radius 3 is 2.83 bits per heavy atom. The smallest absolute Gasteiger partial charge is 0.223 e. The van der Waals surface area contributed by atoms with Crippen LogP contribution < -0.4 is 5.73 Å². The molecule has 0 aromatic carbocycles. The standard InChI is InChI=1S/C7H5Cl2N3/c8-6-5(2-1-3-10)4-11-7(9)12-6/h4H,3,10H2. The van der Waals surface area contributed by atoms with Crippen molar-refractivity contribution in [2.75, 3.05) is 6.54 Å². The fraction of sp³-hybridized carbons (Fsp3) is 0.143. The number of hydrogen-bond acceptors (Lipinski definition) is 3. The van der Waals surface area contributed by atoms with Gasteiger partial charge in [-0.25, -0.2) is 9.97 Å². The minimum atomic E-state index is 0.110. The van der Waals surface area contributed by atoms with E-state index in [1.165, 1.54) is 6.20 Å². The summed E-state index contributed by atoms with van der Waals surface area (Å²) in [6, 6.07) is 0. The van der Waals surface area contributed by atoms with Gasteiger partial charge in [0.15, 0.2) is 0 Å². The second-order valence-electron chi connectivity index (χ2n) is 1.85. The van der Waals surface area contributed by atoms with Crippen molar-refractivity contribution in [1.82, 2.24) is 9.97 Å². The van der Waals surface area contributed by atoms with Gasteiger partial charge in [0.2, 0.25) is 5.28 Å². The summed E-state index contributed by atoms with van der Waals surface area (Å²) in [7, 11) is 0. The van der Waals surface area contributed by atoms with Crippen LogP contribution in [0, 0.1) is 11.8 Å². The molecule has 0 aliphatic carbocycles. The zero-order chi connectivity index (χ0) is 8.97. The first kappa shape index (κ1) is 9.27. The maximum atomic E-state index is 5.69. The molecular formula is C7H5Cl2N3. The first-order valence-corrected chi connectivity index (χ1v) is 3.86. The molecule has 0 radical (unpaired) electrons. The molecule has 0 aliphatic heterocycles. The molecule has 0 unspecified atom stereocenters. The molecule has 1 heterocycles. The molecule has 0 atom stereocenters. The Labute approximate surface area is 79.9 Å². The van der Waals surface area contributed by atoms with E-state index in [1.54, 1.807) is 0 Å². The number of rotatable bonds is 0. The molecule has 0 saturated heterocycles. The fourth-order valence-corrected chi connectivity index (χ4v) is 0.924. The van der Waals surface area contributed by atoms with E-state index in [4.69, 9.17) is 28.9 Å². The van der Waals surface area contributed by atoms with Crippen LogP contribution in [-0.4, -0.2) is 16.5 Å². The van der Waals surface area contributed by atoms with Crippen LogP contribution >= 0.6 is 23.2 Å². The van der Waals surface area contributed by atoms with Crippen molar-refractivity contribution >= 4 is 23.2 Å². The van der Waals surface area contributed by atoms with Crippen LogP contribution in [0.4, 0.5) is 0 Å². The lowest BCUT2D eigenvalue weighted by Crippen LogP contribution is -1.94. The molecule has 62 valence electrons. The van der Waals surface area contributed by atoms with Crippen LogP contribution in [0.2, 0.25) is 10.4 Å². The van der Waals surface area contributed by atoms with Crippen LogP contribution in [0.3, 0.4) is 0 Å². The molecule has 0 saturated carbocycles. The Balaban J connectivity index is 3.01. The quantitative estimate of drug-likeness (QED) is 0.389. The van der Waals surface area contributed by atoms with Crippen LogP contribution in [0.15, 0.2) is 6.20 Å². The van der Waals surface area contributed by atoms with Crippen molar-refractivity contribution in [3.05, 3.63) is 22.2 Å². The van der Waals surface area contributed by atoms with Gasteiger partial charge in [0.1, 0.15) is 5.15 Å². The summed E-state index contributed by atoms with van der Waals surface area (Å²) in [6.07, 6.45) is 1.46. The summed E-state index contributed by atoms with van der Waals surface area (Å²) in [6.45, 7) is 0.277. The molecule has 3 nitrogen and oxygen atoms in total. The summed E-state index contributed by atoms with van der Waals surface area (Å²) < 4.78 is 0. The monoisotopic (exact) mass is 201 g/mol. The molecular weight excluding hydrogens is 197 g/mol. The summed E-state index contributed by atoms with van der Waals surface area (Å²) in [5, 5.41) is 0.356. The first-order chi connectivity index (χ1) is 5.74. The Hall–Kier alpha value is -0.820. The summed E-state index contributed by atoms with van der Waals surface area (Å²) in [5.74, 6) is 5.34. The van der Waals surface area contributed by atoms with Crippen molar-refractivity contribution in [3.63, 3.8) is 0 Å². The highest BCUT2D eigenvalue weighted by Crippen LogP contribution is 2.12. The Morgan fingerprint density at radius 2 is 2.25 bits per heavy atom. The Bertz CT molecular complexity index is 340. The predicted molar refractivity (Wildman–Crippen MR) is 48.0 cm³/mol. The fourth-order valence-electron chi connectivity index (χ4n) is 0.571. The van der Waals surface area contributed by atoms with E-state index in [2.05, 4.69) is 21.8 Å². The molecule has 2 N–H and O–H groups in total. The summed E-state index contributed by atoms with van der Waals surface area (Å²) in [5.41, 5.74) is 5.71. The molecule has 12 heavy (non-hydrogen) atoms. The van der Waals surface area contributed by atoms with E-state index in [0.717, 1.165) is 0 Å². The third-order valence-electron chi connectivity index (χ3n) is 1.04. The minimum absolute atomic E-state index is 0.110. The predicted octanol–water partition coefficient (Wildman–Crippen LogP) is 1.09. The van der Waals surface area contributed by atoms with Crippen molar-refractivity contribution in [3.8, 4) is 11.8 Å². The average Bonchev–Trinajstić information content (AvgIpc) is 2.03. The van der Waals surface area contributed by atoms with E-state index >= 15 is 0 Å². The number of aromatic nitrogens is 2. The van der Waals surface area contributed by atoms with Gasteiger partial charge in [-0.05, 0) is 11.6 Å². The lowest BCUT2D eigenvalue weighted by Gasteiger charge is -1.93. The largest absolute Gasteiger partial charge is 0.320 e. The van der Waals surface area contributed by atoms with Crippen molar-refractivity contribution < 1.29 is 0 Å². The molecule has 5 heteroatoms. The number of halogens is 2. The van der Waals surface area contributed by atoms with Gasteiger partial charge >= 0.3 is 0 Å². The van der Waals surface area contributed by atoms with Crippen LogP contribution in [0.1, 0.15) is 5.56 Å². The lowest BCUT2D eigenvalue weighted by molar-refractivity contribution is 1.16. The SMILES string of the molecule is NCC#Cc1cnc(Cl)nc1Cl. The van der Waals surface area contributed by atoms with Crippen LogP contribution in [0.5, 0.6) is 0 Å². The maximum absolute atomic E-state index is 5.69. The van der Waals surface area contributed by atoms with Gasteiger partial charge in [0.25, 0.3) is 0 Å². The van der Waals surface area contributed by atoms with E-state index in [9.17, 15) is 0 Å². The topological polar surface area (TPSA) is 51.8 Å². The lowest BCUT2D eigenvalue weighted by atomic mass is 10.3. The van der Waals surface area contributed by atoms with Crippen LogP contribution in [-0.2, 0) is 0 Å². The second-order valence-corrected chi connectivity index (χ2v) is 2.55. The minimum Gasteiger partial charge on any atom is -0.320 e. The van der Waals surface area contributed by atoms with Gasteiger partial charge in [-0.1, -0.05) is 23.4 Å². The average molecular weight is 202 g/mol. The molecule has 0 aliphatic rings. The molecule has 0 fully saturated rings. The van der Waals surface area contributed by atoms with Gasteiger partial charge in [-0.15, -0.1) is 0 Å². The van der Waals surface area contributed by atoms with Crippen molar-refractivity contribution in [1.29, 1.82) is 0 Å². The summed E-state index contributed by atoms with van der Waals surface area (Å²) in [4.78, 5) is 7.42. The number of nitrogens with two attached hydrogens (primary N) is 1. The van der Waals surface area contributed by atoms with Gasteiger partial charge in [0.05, 0.1) is 12.1 Å². The van der Waals surface area contributed by atoms with Crippen molar-refractivity contribution in [2.45, 2.75) is 0 Å². The second kappa shape index (κ2) is 4.27. The highest BCUT2D eigenvalue weighted by molar-refractivity contribution is 6.32. The Morgan fingerprint density at radius 1 is 1.50 bits per heavy atom. The molecule has 1 aromatic heterocycles. The molecule has 1 rings (SSSR count). The molecule has 1 aromatic rings. The third kappa shape index (κ3) is 2.35. The van der Waals surface area contributed by atoms with Gasteiger partial charge in [-0.3, -0.25) is 0 Å².